The van der Waals surface area contributed by atoms with Crippen LogP contribution in [0.15, 0.2) is 6.20 Å². The second-order valence-corrected chi connectivity index (χ2v) is 2.70. The third kappa shape index (κ3) is 2.39. The van der Waals surface area contributed by atoms with Gasteiger partial charge < -0.3 is 10.4 Å². The van der Waals surface area contributed by atoms with Crippen LogP contribution in [-0.2, 0) is 0 Å². The molecule has 0 saturated carbocycles. The van der Waals surface area contributed by atoms with Gasteiger partial charge in [-0.2, -0.15) is 4.98 Å². The van der Waals surface area contributed by atoms with Crippen LogP contribution in [0.4, 0.5) is 5.82 Å². The average Bonchev–Trinajstić information content (AvgIpc) is 2.07. The molecular formula is C6H7Cl2N3O. The summed E-state index contributed by atoms with van der Waals surface area (Å²) in [6.45, 7) is 0.516. The monoisotopic (exact) mass is 207 g/mol. The van der Waals surface area contributed by atoms with Crippen molar-refractivity contribution in [2.24, 2.45) is 0 Å². The topological polar surface area (TPSA) is 58.0 Å². The lowest BCUT2D eigenvalue weighted by atomic mass is 10.5. The van der Waals surface area contributed by atoms with E-state index in [4.69, 9.17) is 23.2 Å². The van der Waals surface area contributed by atoms with E-state index < -0.39 is 0 Å². The lowest BCUT2D eigenvalue weighted by Gasteiger charge is -2.04. The van der Waals surface area contributed by atoms with Crippen molar-refractivity contribution in [1.82, 2.24) is 9.97 Å². The van der Waals surface area contributed by atoms with Crippen LogP contribution < -0.4 is 5.32 Å². The number of nitrogens with one attached hydrogen (secondary N) is 1. The molecule has 0 amide bonds. The summed E-state index contributed by atoms with van der Waals surface area (Å²) in [5.41, 5.74) is 0. The summed E-state index contributed by atoms with van der Waals surface area (Å²) in [5.74, 6) is 0.696. The maximum absolute atomic E-state index is 9.17. The number of halogens is 2. The van der Waals surface area contributed by atoms with E-state index in [1.54, 1.807) is 0 Å². The lowest BCUT2D eigenvalue weighted by Crippen LogP contribution is -2.04. The Morgan fingerprint density at radius 3 is 3.00 bits per heavy atom. The van der Waals surface area contributed by atoms with E-state index in [0.29, 0.717) is 18.2 Å². The van der Waals surface area contributed by atoms with Gasteiger partial charge in [-0.05, 0) is 11.6 Å². The van der Waals surface area contributed by atoms with Crippen molar-refractivity contribution in [2.45, 2.75) is 0 Å². The molecule has 66 valence electrons. The van der Waals surface area contributed by atoms with Crippen LogP contribution in [0.3, 0.4) is 0 Å². The molecule has 2 N–H and O–H groups in total. The molecule has 12 heavy (non-hydrogen) atoms. The average molecular weight is 208 g/mol. The van der Waals surface area contributed by atoms with Gasteiger partial charge in [0, 0.05) is 12.4 Å². The first kappa shape index (κ1) is 9.35. The van der Waals surface area contributed by atoms with Gasteiger partial charge in [0.25, 0.3) is 0 Å². The molecule has 0 spiro atoms. The number of rotatable bonds is 3. The summed E-state index contributed by atoms with van der Waals surface area (Å²) in [5, 5.41) is 12.0. The number of aromatic nitrogens is 2. The number of hydrogen-bond acceptors (Lipinski definition) is 4. The highest BCUT2D eigenvalue weighted by atomic mass is 35.5. The first-order chi connectivity index (χ1) is 5.74. The molecule has 0 fully saturated rings. The Labute approximate surface area is 79.6 Å². The summed E-state index contributed by atoms with van der Waals surface area (Å²) in [4.78, 5) is 7.32. The van der Waals surface area contributed by atoms with Gasteiger partial charge in [-0.25, -0.2) is 4.98 Å². The van der Waals surface area contributed by atoms with Gasteiger partial charge in [-0.3, -0.25) is 0 Å². The van der Waals surface area contributed by atoms with Crippen molar-refractivity contribution in [3.8, 4) is 5.75 Å². The molecule has 0 aliphatic rings. The van der Waals surface area contributed by atoms with E-state index in [1.165, 1.54) is 6.20 Å². The van der Waals surface area contributed by atoms with Crippen LogP contribution >= 0.6 is 23.2 Å². The molecule has 0 aliphatic carbocycles. The van der Waals surface area contributed by atoms with Gasteiger partial charge in [-0.1, -0.05) is 0 Å². The number of aromatic hydroxyl groups is 1. The van der Waals surface area contributed by atoms with E-state index in [0.717, 1.165) is 0 Å². The summed E-state index contributed by atoms with van der Waals surface area (Å²) in [7, 11) is 0. The van der Waals surface area contributed by atoms with Gasteiger partial charge in [0.15, 0.2) is 11.6 Å². The van der Waals surface area contributed by atoms with Gasteiger partial charge in [0.2, 0.25) is 5.28 Å². The minimum atomic E-state index is -0.0375. The van der Waals surface area contributed by atoms with Crippen molar-refractivity contribution in [2.75, 3.05) is 17.7 Å². The van der Waals surface area contributed by atoms with Crippen molar-refractivity contribution in [1.29, 1.82) is 0 Å². The Kier molecular flexibility index (Phi) is 3.37. The van der Waals surface area contributed by atoms with E-state index in [-0.39, 0.29) is 11.0 Å². The van der Waals surface area contributed by atoms with Gasteiger partial charge in [-0.15, -0.1) is 11.6 Å². The number of nitrogens with zero attached hydrogens (tertiary/aromatic N) is 2. The first-order valence-corrected chi connectivity index (χ1v) is 4.16. The predicted octanol–water partition coefficient (Wildman–Crippen LogP) is 1.49. The third-order valence-corrected chi connectivity index (χ3v) is 1.50. The Morgan fingerprint density at radius 1 is 1.58 bits per heavy atom. The molecule has 0 atom stereocenters. The first-order valence-electron chi connectivity index (χ1n) is 3.25. The molecule has 1 aromatic rings. The quantitative estimate of drug-likeness (QED) is 0.583. The molecule has 0 saturated heterocycles. The zero-order valence-corrected chi connectivity index (χ0v) is 7.60. The zero-order valence-electron chi connectivity index (χ0n) is 6.09. The van der Waals surface area contributed by atoms with Crippen LogP contribution in [0.2, 0.25) is 5.28 Å². The fraction of sp³-hybridized carbons (Fsp3) is 0.333. The number of hydrogen-bond donors (Lipinski definition) is 2. The SMILES string of the molecule is Oc1cnc(Cl)nc1NCCCl. The summed E-state index contributed by atoms with van der Waals surface area (Å²) in [6.07, 6.45) is 1.23. The molecule has 0 bridgehead atoms. The number of alkyl halides is 1. The highest BCUT2D eigenvalue weighted by Crippen LogP contribution is 2.19. The van der Waals surface area contributed by atoms with E-state index in [1.807, 2.05) is 0 Å². The van der Waals surface area contributed by atoms with Crippen molar-refractivity contribution in [3.63, 3.8) is 0 Å². The summed E-state index contributed by atoms with van der Waals surface area (Å²) >= 11 is 10.9. The smallest absolute Gasteiger partial charge is 0.224 e. The fourth-order valence-electron chi connectivity index (χ4n) is 0.650. The van der Waals surface area contributed by atoms with Crippen LogP contribution in [0, 0.1) is 0 Å². The van der Waals surface area contributed by atoms with Crippen LogP contribution in [0.1, 0.15) is 0 Å². The lowest BCUT2D eigenvalue weighted by molar-refractivity contribution is 0.472. The van der Waals surface area contributed by atoms with E-state index in [2.05, 4.69) is 15.3 Å². The Morgan fingerprint density at radius 2 is 2.33 bits per heavy atom. The Balaban J connectivity index is 2.75. The van der Waals surface area contributed by atoms with Crippen molar-refractivity contribution >= 4 is 29.0 Å². The van der Waals surface area contributed by atoms with Crippen molar-refractivity contribution in [3.05, 3.63) is 11.5 Å². The van der Waals surface area contributed by atoms with Crippen molar-refractivity contribution < 1.29 is 5.11 Å². The largest absolute Gasteiger partial charge is 0.503 e. The van der Waals surface area contributed by atoms with E-state index >= 15 is 0 Å². The summed E-state index contributed by atoms with van der Waals surface area (Å²) in [6, 6.07) is 0. The van der Waals surface area contributed by atoms with Gasteiger partial charge in [0.1, 0.15) is 0 Å². The minimum absolute atomic E-state index is 0.0375. The molecule has 1 rings (SSSR count). The molecule has 1 heterocycles. The molecule has 4 nitrogen and oxygen atoms in total. The molecule has 0 radical (unpaired) electrons. The molecule has 0 aromatic carbocycles. The van der Waals surface area contributed by atoms with Crippen LogP contribution in [-0.4, -0.2) is 27.5 Å². The van der Waals surface area contributed by atoms with Crippen LogP contribution in [0.25, 0.3) is 0 Å². The molecule has 1 aromatic heterocycles. The molecule has 6 heteroatoms. The second kappa shape index (κ2) is 4.33. The highest BCUT2D eigenvalue weighted by molar-refractivity contribution is 6.28. The zero-order chi connectivity index (χ0) is 8.97. The molecule has 0 aliphatic heterocycles. The fourth-order valence-corrected chi connectivity index (χ4v) is 0.877. The van der Waals surface area contributed by atoms with Gasteiger partial charge >= 0.3 is 0 Å². The maximum atomic E-state index is 9.17. The van der Waals surface area contributed by atoms with E-state index in [9.17, 15) is 5.11 Å². The third-order valence-electron chi connectivity index (χ3n) is 1.13. The Bertz CT molecular complexity index is 269. The molecular weight excluding hydrogens is 201 g/mol. The standard InChI is InChI=1S/C6H7Cl2N3O/c7-1-2-9-5-4(12)3-10-6(8)11-5/h3,12H,1-2H2,(H,9,10,11). The summed E-state index contributed by atoms with van der Waals surface area (Å²) < 4.78 is 0. The highest BCUT2D eigenvalue weighted by Gasteiger charge is 2.02. The van der Waals surface area contributed by atoms with Crippen LogP contribution in [0.5, 0.6) is 5.75 Å². The minimum Gasteiger partial charge on any atom is -0.503 e. The molecule has 0 unspecified atom stereocenters. The number of anilines is 1. The predicted molar refractivity (Wildman–Crippen MR) is 47.9 cm³/mol. The van der Waals surface area contributed by atoms with Gasteiger partial charge in [0.05, 0.1) is 6.20 Å². The Hall–Kier alpha value is -0.740. The normalized spacial score (nSPS) is 9.83. The second-order valence-electron chi connectivity index (χ2n) is 1.99. The maximum Gasteiger partial charge on any atom is 0.224 e.